The maximum absolute atomic E-state index is 8.80. The molecule has 1 saturated carbocycles. The van der Waals surface area contributed by atoms with Crippen molar-refractivity contribution in [3.05, 3.63) is 35.4 Å². The first-order chi connectivity index (χ1) is 7.29. The molecule has 0 atom stereocenters. The van der Waals surface area contributed by atoms with Gasteiger partial charge in [-0.3, -0.25) is 4.90 Å². The van der Waals surface area contributed by atoms with E-state index in [1.807, 2.05) is 18.2 Å². The van der Waals surface area contributed by atoms with Crippen LogP contribution < -0.4 is 0 Å². The Kier molecular flexibility index (Phi) is 3.03. The molecule has 2 nitrogen and oxygen atoms in total. The van der Waals surface area contributed by atoms with Crippen LogP contribution in [0.1, 0.15) is 30.4 Å². The van der Waals surface area contributed by atoms with Gasteiger partial charge in [0.05, 0.1) is 11.6 Å². The van der Waals surface area contributed by atoms with Crippen LogP contribution in [-0.4, -0.2) is 18.0 Å². The van der Waals surface area contributed by atoms with Crippen LogP contribution in [0.25, 0.3) is 0 Å². The molecule has 0 spiro atoms. The van der Waals surface area contributed by atoms with Gasteiger partial charge in [-0.1, -0.05) is 18.6 Å². The van der Waals surface area contributed by atoms with E-state index in [2.05, 4.69) is 24.1 Å². The number of benzene rings is 1. The van der Waals surface area contributed by atoms with Gasteiger partial charge in [-0.05, 0) is 37.6 Å². The molecule has 2 rings (SSSR count). The number of hydrogen-bond donors (Lipinski definition) is 0. The van der Waals surface area contributed by atoms with Gasteiger partial charge in [0.1, 0.15) is 0 Å². The van der Waals surface area contributed by atoms with Crippen LogP contribution in [0.5, 0.6) is 0 Å². The Labute approximate surface area is 91.1 Å². The number of nitrogens with zero attached hydrogens (tertiary/aromatic N) is 2. The normalized spacial score (nSPS) is 16.1. The zero-order chi connectivity index (χ0) is 10.7. The van der Waals surface area contributed by atoms with Crippen LogP contribution in [-0.2, 0) is 6.54 Å². The molecule has 0 aliphatic heterocycles. The van der Waals surface area contributed by atoms with E-state index in [0.717, 1.165) is 18.2 Å². The summed E-state index contributed by atoms with van der Waals surface area (Å²) in [4.78, 5) is 2.39. The van der Waals surface area contributed by atoms with E-state index in [0.29, 0.717) is 0 Å². The fourth-order valence-electron chi connectivity index (χ4n) is 1.98. The highest BCUT2D eigenvalue weighted by atomic mass is 15.1. The van der Waals surface area contributed by atoms with Gasteiger partial charge in [-0.15, -0.1) is 0 Å². The van der Waals surface area contributed by atoms with Gasteiger partial charge >= 0.3 is 0 Å². The first kappa shape index (κ1) is 10.2. The van der Waals surface area contributed by atoms with E-state index in [9.17, 15) is 0 Å². The van der Waals surface area contributed by atoms with E-state index in [4.69, 9.17) is 5.26 Å². The highest BCUT2D eigenvalue weighted by Gasteiger charge is 2.21. The highest BCUT2D eigenvalue weighted by molar-refractivity contribution is 5.32. The predicted octanol–water partition coefficient (Wildman–Crippen LogP) is 2.54. The maximum atomic E-state index is 8.80. The summed E-state index contributed by atoms with van der Waals surface area (Å²) < 4.78 is 0. The average Bonchev–Trinajstić information content (AvgIpc) is 2.15. The summed E-state index contributed by atoms with van der Waals surface area (Å²) in [7, 11) is 2.17. The van der Waals surface area contributed by atoms with E-state index in [-0.39, 0.29) is 0 Å². The molecule has 0 heterocycles. The van der Waals surface area contributed by atoms with Crippen molar-refractivity contribution in [2.45, 2.75) is 31.8 Å². The van der Waals surface area contributed by atoms with Crippen molar-refractivity contribution in [2.24, 2.45) is 0 Å². The fraction of sp³-hybridized carbons (Fsp3) is 0.462. The molecule has 0 radical (unpaired) electrons. The summed E-state index contributed by atoms with van der Waals surface area (Å²) in [5.74, 6) is 0. The summed E-state index contributed by atoms with van der Waals surface area (Å²) in [6.45, 7) is 0.959. The van der Waals surface area contributed by atoms with Crippen molar-refractivity contribution in [1.29, 1.82) is 5.26 Å². The van der Waals surface area contributed by atoms with Gasteiger partial charge in [-0.2, -0.15) is 5.26 Å². The Bertz CT molecular complexity index is 374. The van der Waals surface area contributed by atoms with Gasteiger partial charge in [0.2, 0.25) is 0 Å². The lowest BCUT2D eigenvalue weighted by molar-refractivity contribution is 0.152. The summed E-state index contributed by atoms with van der Waals surface area (Å²) >= 11 is 0. The topological polar surface area (TPSA) is 27.0 Å². The second kappa shape index (κ2) is 4.46. The summed E-state index contributed by atoms with van der Waals surface area (Å²) in [6, 6.07) is 10.8. The Hall–Kier alpha value is -1.33. The molecule has 1 aromatic rings. The van der Waals surface area contributed by atoms with Gasteiger partial charge in [0, 0.05) is 12.6 Å². The van der Waals surface area contributed by atoms with Crippen LogP contribution >= 0.6 is 0 Å². The third-order valence-electron chi connectivity index (χ3n) is 3.19. The molecule has 0 saturated heterocycles. The molecule has 78 valence electrons. The molecule has 1 aliphatic carbocycles. The molecular weight excluding hydrogens is 184 g/mol. The Balaban J connectivity index is 2.00. The molecule has 0 bridgehead atoms. The second-order valence-corrected chi connectivity index (χ2v) is 4.31. The second-order valence-electron chi connectivity index (χ2n) is 4.31. The molecule has 0 aromatic heterocycles. The van der Waals surface area contributed by atoms with Crippen molar-refractivity contribution in [1.82, 2.24) is 4.90 Å². The Morgan fingerprint density at radius 2 is 2.27 bits per heavy atom. The molecule has 0 amide bonds. The van der Waals surface area contributed by atoms with E-state index >= 15 is 0 Å². The van der Waals surface area contributed by atoms with Crippen LogP contribution in [0, 0.1) is 11.3 Å². The monoisotopic (exact) mass is 200 g/mol. The van der Waals surface area contributed by atoms with Crippen LogP contribution in [0.4, 0.5) is 0 Å². The fourth-order valence-corrected chi connectivity index (χ4v) is 1.98. The minimum absolute atomic E-state index is 0.759. The standard InChI is InChI=1S/C13H16N2/c1-15(13-6-3-7-13)10-12-5-2-4-11(8-12)9-14/h2,4-5,8,13H,3,6-7,10H2,1H3. The third-order valence-corrected chi connectivity index (χ3v) is 3.19. The molecule has 0 N–H and O–H groups in total. The largest absolute Gasteiger partial charge is 0.299 e. The molecule has 1 fully saturated rings. The lowest BCUT2D eigenvalue weighted by Crippen LogP contribution is -2.36. The smallest absolute Gasteiger partial charge is 0.0991 e. The molecule has 2 heteroatoms. The van der Waals surface area contributed by atoms with Crippen molar-refractivity contribution in [3.8, 4) is 6.07 Å². The van der Waals surface area contributed by atoms with Crippen molar-refractivity contribution in [3.63, 3.8) is 0 Å². The lowest BCUT2D eigenvalue weighted by Gasteiger charge is -2.34. The van der Waals surface area contributed by atoms with E-state index < -0.39 is 0 Å². The quantitative estimate of drug-likeness (QED) is 0.749. The van der Waals surface area contributed by atoms with Crippen LogP contribution in [0.2, 0.25) is 0 Å². The lowest BCUT2D eigenvalue weighted by atomic mass is 9.91. The van der Waals surface area contributed by atoms with Gasteiger partial charge in [0.15, 0.2) is 0 Å². The minimum atomic E-state index is 0.759. The van der Waals surface area contributed by atoms with Crippen molar-refractivity contribution < 1.29 is 0 Å². The highest BCUT2D eigenvalue weighted by Crippen LogP contribution is 2.24. The van der Waals surface area contributed by atoms with Crippen LogP contribution in [0.15, 0.2) is 24.3 Å². The Morgan fingerprint density at radius 3 is 2.87 bits per heavy atom. The summed E-state index contributed by atoms with van der Waals surface area (Å²) in [5.41, 5.74) is 2.00. The zero-order valence-corrected chi connectivity index (χ0v) is 9.11. The third kappa shape index (κ3) is 2.37. The first-order valence-corrected chi connectivity index (χ1v) is 5.49. The molecule has 15 heavy (non-hydrogen) atoms. The van der Waals surface area contributed by atoms with Gasteiger partial charge < -0.3 is 0 Å². The predicted molar refractivity (Wildman–Crippen MR) is 60.3 cm³/mol. The number of rotatable bonds is 3. The summed E-state index contributed by atoms with van der Waals surface area (Å²) in [5, 5.41) is 8.80. The van der Waals surface area contributed by atoms with Crippen LogP contribution in [0.3, 0.4) is 0 Å². The number of nitriles is 1. The van der Waals surface area contributed by atoms with Gasteiger partial charge in [0.25, 0.3) is 0 Å². The van der Waals surface area contributed by atoms with Crippen molar-refractivity contribution in [2.75, 3.05) is 7.05 Å². The number of hydrogen-bond acceptors (Lipinski definition) is 2. The maximum Gasteiger partial charge on any atom is 0.0991 e. The Morgan fingerprint density at radius 1 is 1.47 bits per heavy atom. The average molecular weight is 200 g/mol. The SMILES string of the molecule is CN(Cc1cccc(C#N)c1)C1CCC1. The molecule has 0 unspecified atom stereocenters. The first-order valence-electron chi connectivity index (χ1n) is 5.49. The molecular formula is C13H16N2. The van der Waals surface area contributed by atoms with Crippen molar-refractivity contribution >= 4 is 0 Å². The summed E-state index contributed by atoms with van der Waals surface area (Å²) in [6.07, 6.45) is 4.02. The minimum Gasteiger partial charge on any atom is -0.299 e. The van der Waals surface area contributed by atoms with E-state index in [1.54, 1.807) is 0 Å². The molecule has 1 aliphatic rings. The van der Waals surface area contributed by atoms with Gasteiger partial charge in [-0.25, -0.2) is 0 Å². The molecule has 1 aromatic carbocycles. The van der Waals surface area contributed by atoms with E-state index in [1.165, 1.54) is 24.8 Å². The zero-order valence-electron chi connectivity index (χ0n) is 9.11.